The number of benzene rings is 2. The molecule has 6 heteroatoms. The molecule has 0 aromatic heterocycles. The standard InChI is InChI=1S/C23H28O6/c1-2-27-22(24)13-23-28-20(16-25-14-18-9-5-3-6-10-18)21(29-23)17-26-15-19-11-7-4-8-12-19/h3-12,20-21,23H,2,13-17H2,1H3/t20-,21-/m1/s1. The van der Waals surface area contributed by atoms with Crippen LogP contribution in [0.4, 0.5) is 0 Å². The fourth-order valence-electron chi connectivity index (χ4n) is 3.08. The maximum Gasteiger partial charge on any atom is 0.310 e. The van der Waals surface area contributed by atoms with Gasteiger partial charge in [0.2, 0.25) is 0 Å². The van der Waals surface area contributed by atoms with E-state index in [1.165, 1.54) is 0 Å². The van der Waals surface area contributed by atoms with Crippen LogP contribution in [0.25, 0.3) is 0 Å². The van der Waals surface area contributed by atoms with Gasteiger partial charge in [0, 0.05) is 0 Å². The Morgan fingerprint density at radius 1 is 0.828 bits per heavy atom. The van der Waals surface area contributed by atoms with Gasteiger partial charge < -0.3 is 23.7 Å². The van der Waals surface area contributed by atoms with Crippen molar-refractivity contribution in [2.24, 2.45) is 0 Å². The highest BCUT2D eigenvalue weighted by molar-refractivity contribution is 5.69. The SMILES string of the molecule is CCOC(=O)CC1O[C@H](COCc2ccccc2)[C@@H](COCc2ccccc2)O1. The minimum Gasteiger partial charge on any atom is -0.466 e. The van der Waals surface area contributed by atoms with Crippen molar-refractivity contribution in [1.82, 2.24) is 0 Å². The van der Waals surface area contributed by atoms with Gasteiger partial charge in [0.1, 0.15) is 12.2 Å². The lowest BCUT2D eigenvalue weighted by molar-refractivity contribution is -0.154. The minimum atomic E-state index is -0.648. The van der Waals surface area contributed by atoms with Crippen LogP contribution in [0.5, 0.6) is 0 Å². The summed E-state index contributed by atoms with van der Waals surface area (Å²) in [4.78, 5) is 11.8. The van der Waals surface area contributed by atoms with Gasteiger partial charge in [-0.25, -0.2) is 0 Å². The van der Waals surface area contributed by atoms with Crippen LogP contribution in [0.2, 0.25) is 0 Å². The molecule has 0 radical (unpaired) electrons. The first-order valence-electron chi connectivity index (χ1n) is 9.94. The van der Waals surface area contributed by atoms with Crippen molar-refractivity contribution in [3.63, 3.8) is 0 Å². The molecule has 0 spiro atoms. The molecular formula is C23H28O6. The molecule has 1 heterocycles. The van der Waals surface area contributed by atoms with Gasteiger partial charge in [0.05, 0.1) is 39.5 Å². The summed E-state index contributed by atoms with van der Waals surface area (Å²) in [5, 5.41) is 0. The summed E-state index contributed by atoms with van der Waals surface area (Å²) in [5.41, 5.74) is 2.18. The van der Waals surface area contributed by atoms with E-state index in [0.717, 1.165) is 11.1 Å². The highest BCUT2D eigenvalue weighted by Crippen LogP contribution is 2.23. The fourth-order valence-corrected chi connectivity index (χ4v) is 3.08. The zero-order valence-electron chi connectivity index (χ0n) is 16.7. The van der Waals surface area contributed by atoms with Crippen molar-refractivity contribution < 1.29 is 28.5 Å². The average molecular weight is 400 g/mol. The molecule has 0 bridgehead atoms. The van der Waals surface area contributed by atoms with Gasteiger partial charge in [-0.05, 0) is 18.1 Å². The Kier molecular flexibility index (Phi) is 8.64. The van der Waals surface area contributed by atoms with E-state index in [2.05, 4.69) is 0 Å². The summed E-state index contributed by atoms with van der Waals surface area (Å²) in [7, 11) is 0. The molecule has 156 valence electrons. The largest absolute Gasteiger partial charge is 0.466 e. The number of hydrogen-bond donors (Lipinski definition) is 0. The quantitative estimate of drug-likeness (QED) is 0.538. The Balaban J connectivity index is 1.50. The third kappa shape index (κ3) is 7.25. The predicted molar refractivity (Wildman–Crippen MR) is 107 cm³/mol. The second-order valence-corrected chi connectivity index (χ2v) is 6.79. The lowest BCUT2D eigenvalue weighted by Crippen LogP contribution is -2.31. The van der Waals surface area contributed by atoms with Gasteiger partial charge >= 0.3 is 5.97 Å². The third-order valence-corrected chi connectivity index (χ3v) is 4.49. The first kappa shape index (κ1) is 21.5. The van der Waals surface area contributed by atoms with E-state index in [1.54, 1.807) is 6.92 Å². The van der Waals surface area contributed by atoms with Crippen molar-refractivity contribution in [1.29, 1.82) is 0 Å². The Bertz CT molecular complexity index is 667. The zero-order chi connectivity index (χ0) is 20.3. The second kappa shape index (κ2) is 11.7. The summed E-state index contributed by atoms with van der Waals surface area (Å²) in [6.07, 6.45) is -1.22. The second-order valence-electron chi connectivity index (χ2n) is 6.79. The summed E-state index contributed by atoms with van der Waals surface area (Å²) < 4.78 is 28.4. The molecule has 1 aliphatic rings. The van der Waals surface area contributed by atoms with Gasteiger partial charge in [0.25, 0.3) is 0 Å². The molecular weight excluding hydrogens is 372 g/mol. The molecule has 0 saturated carbocycles. The fraction of sp³-hybridized carbons (Fsp3) is 0.435. The van der Waals surface area contributed by atoms with Crippen LogP contribution in [-0.4, -0.2) is 44.3 Å². The van der Waals surface area contributed by atoms with Gasteiger partial charge in [-0.15, -0.1) is 0 Å². The molecule has 0 unspecified atom stereocenters. The van der Waals surface area contributed by atoms with Gasteiger partial charge in [0.15, 0.2) is 6.29 Å². The molecule has 6 nitrogen and oxygen atoms in total. The molecule has 2 atom stereocenters. The van der Waals surface area contributed by atoms with Crippen LogP contribution in [0.3, 0.4) is 0 Å². The van der Waals surface area contributed by atoms with Crippen LogP contribution >= 0.6 is 0 Å². The smallest absolute Gasteiger partial charge is 0.310 e. The Hall–Kier alpha value is -2.25. The molecule has 1 saturated heterocycles. The molecule has 29 heavy (non-hydrogen) atoms. The summed E-state index contributed by atoms with van der Waals surface area (Å²) in [6.45, 7) is 3.79. The third-order valence-electron chi connectivity index (χ3n) is 4.49. The van der Waals surface area contributed by atoms with E-state index in [1.807, 2.05) is 60.7 Å². The molecule has 0 aliphatic carbocycles. The highest BCUT2D eigenvalue weighted by Gasteiger charge is 2.37. The molecule has 1 fully saturated rings. The van der Waals surface area contributed by atoms with Gasteiger partial charge in [-0.1, -0.05) is 60.7 Å². The number of carbonyl (C=O) groups is 1. The molecule has 2 aromatic carbocycles. The van der Waals surface area contributed by atoms with Crippen LogP contribution in [0, 0.1) is 0 Å². The lowest BCUT2D eigenvalue weighted by atomic mass is 10.2. The van der Waals surface area contributed by atoms with E-state index in [4.69, 9.17) is 23.7 Å². The van der Waals surface area contributed by atoms with E-state index >= 15 is 0 Å². The van der Waals surface area contributed by atoms with E-state index in [0.29, 0.717) is 33.0 Å². The van der Waals surface area contributed by atoms with E-state index < -0.39 is 6.29 Å². The number of carbonyl (C=O) groups excluding carboxylic acids is 1. The molecule has 3 rings (SSSR count). The van der Waals surface area contributed by atoms with Crippen LogP contribution in [-0.2, 0) is 41.7 Å². The topological polar surface area (TPSA) is 63.2 Å². The van der Waals surface area contributed by atoms with Crippen molar-refractivity contribution in [2.45, 2.75) is 45.1 Å². The molecule has 1 aliphatic heterocycles. The lowest BCUT2D eigenvalue weighted by Gasteiger charge is -2.17. The Labute approximate surface area is 171 Å². The van der Waals surface area contributed by atoms with Crippen LogP contribution < -0.4 is 0 Å². The molecule has 2 aromatic rings. The number of esters is 1. The number of hydrogen-bond acceptors (Lipinski definition) is 6. The highest BCUT2D eigenvalue weighted by atomic mass is 16.7. The average Bonchev–Trinajstić information content (AvgIpc) is 3.11. The molecule has 0 N–H and O–H groups in total. The van der Waals surface area contributed by atoms with Crippen molar-refractivity contribution in [3.05, 3.63) is 71.8 Å². The molecule has 0 amide bonds. The van der Waals surface area contributed by atoms with Crippen molar-refractivity contribution in [2.75, 3.05) is 19.8 Å². The Morgan fingerprint density at radius 3 is 1.76 bits per heavy atom. The number of rotatable bonds is 11. The number of ether oxygens (including phenoxy) is 5. The van der Waals surface area contributed by atoms with E-state index in [9.17, 15) is 4.79 Å². The van der Waals surface area contributed by atoms with Crippen LogP contribution in [0.1, 0.15) is 24.5 Å². The van der Waals surface area contributed by atoms with Crippen LogP contribution in [0.15, 0.2) is 60.7 Å². The Morgan fingerprint density at radius 2 is 1.31 bits per heavy atom. The monoisotopic (exact) mass is 400 g/mol. The van der Waals surface area contributed by atoms with Crippen molar-refractivity contribution >= 4 is 5.97 Å². The van der Waals surface area contributed by atoms with E-state index in [-0.39, 0.29) is 24.6 Å². The maximum absolute atomic E-state index is 11.8. The summed E-state index contributed by atoms with van der Waals surface area (Å²) >= 11 is 0. The first-order valence-corrected chi connectivity index (χ1v) is 9.94. The summed E-state index contributed by atoms with van der Waals surface area (Å²) in [6, 6.07) is 19.9. The van der Waals surface area contributed by atoms with Gasteiger partial charge in [-0.3, -0.25) is 4.79 Å². The zero-order valence-corrected chi connectivity index (χ0v) is 16.7. The minimum absolute atomic E-state index is 0.0538. The maximum atomic E-state index is 11.8. The predicted octanol–water partition coefficient (Wildman–Crippen LogP) is 3.48. The normalized spacial score (nSPS) is 19.3. The van der Waals surface area contributed by atoms with Crippen molar-refractivity contribution in [3.8, 4) is 0 Å². The van der Waals surface area contributed by atoms with Gasteiger partial charge in [-0.2, -0.15) is 0 Å². The summed E-state index contributed by atoms with van der Waals surface area (Å²) in [5.74, 6) is -0.340. The first-order chi connectivity index (χ1) is 14.2.